The smallest absolute Gasteiger partial charge is 0.0782 e. The second-order valence-electron chi connectivity index (χ2n) is 12.3. The maximum atomic E-state index is 2.44. The molecule has 0 saturated carbocycles. The second kappa shape index (κ2) is 29.0. The molecular weight excluding hydrogens is 492 g/mol. The molecule has 0 radical (unpaired) electrons. The van der Waals surface area contributed by atoms with Crippen LogP contribution in [-0.4, -0.2) is 57.2 Å². The van der Waals surface area contributed by atoms with Gasteiger partial charge in [-0.15, -0.1) is 0 Å². The predicted molar refractivity (Wildman–Crippen MR) is 157 cm³/mol. The summed E-state index contributed by atoms with van der Waals surface area (Å²) >= 11 is 0. The Morgan fingerprint density at radius 1 is 0.400 bits per heavy atom. The zero-order chi connectivity index (χ0) is 25.2. The zero-order valence-corrected chi connectivity index (χ0v) is 27.0. The van der Waals surface area contributed by atoms with E-state index in [2.05, 4.69) is 40.0 Å². The van der Waals surface area contributed by atoms with Crippen LogP contribution in [0.5, 0.6) is 0 Å². The normalized spacial score (nSPS) is 11.8. The zero-order valence-electron chi connectivity index (χ0n) is 25.4. The molecule has 2 nitrogen and oxygen atoms in total. The van der Waals surface area contributed by atoms with Crippen LogP contribution in [0.15, 0.2) is 0 Å². The number of hydrogen-bond acceptors (Lipinski definition) is 1. The minimum Gasteiger partial charge on any atom is -1.00 e. The van der Waals surface area contributed by atoms with Gasteiger partial charge in [0.25, 0.3) is 0 Å². The van der Waals surface area contributed by atoms with Gasteiger partial charge in [0.2, 0.25) is 0 Å². The molecule has 0 rings (SSSR count). The molecule has 0 atom stereocenters. The molecule has 0 aromatic rings. The van der Waals surface area contributed by atoms with E-state index in [-0.39, 0.29) is 17.0 Å². The molecule has 0 spiro atoms. The molecule has 0 aromatic carbocycles. The van der Waals surface area contributed by atoms with Gasteiger partial charge in [0.05, 0.1) is 27.2 Å². The second-order valence-corrected chi connectivity index (χ2v) is 12.3. The van der Waals surface area contributed by atoms with E-state index in [9.17, 15) is 0 Å². The molecular formula is C32H69BrN2. The Morgan fingerprint density at radius 2 is 0.657 bits per heavy atom. The van der Waals surface area contributed by atoms with Crippen LogP contribution in [-0.2, 0) is 0 Å². The third kappa shape index (κ3) is 32.4. The van der Waals surface area contributed by atoms with E-state index in [4.69, 9.17) is 0 Å². The Hall–Kier alpha value is 0.400. The maximum Gasteiger partial charge on any atom is 0.0782 e. The van der Waals surface area contributed by atoms with Crippen LogP contribution >= 0.6 is 0 Å². The summed E-state index contributed by atoms with van der Waals surface area (Å²) in [6.45, 7) is 6.29. The van der Waals surface area contributed by atoms with Crippen LogP contribution in [0, 0.1) is 0 Å². The summed E-state index contributed by atoms with van der Waals surface area (Å²) in [4.78, 5) is 2.31. The van der Waals surface area contributed by atoms with Crippen LogP contribution < -0.4 is 17.0 Å². The first kappa shape index (κ1) is 37.6. The molecule has 214 valence electrons. The van der Waals surface area contributed by atoms with Gasteiger partial charge in [-0.2, -0.15) is 0 Å². The van der Waals surface area contributed by atoms with Crippen molar-refractivity contribution in [3.63, 3.8) is 0 Å². The highest BCUT2D eigenvalue weighted by atomic mass is 79.9. The molecule has 0 saturated heterocycles. The summed E-state index contributed by atoms with van der Waals surface area (Å²) in [5.74, 6) is 0. The van der Waals surface area contributed by atoms with E-state index in [1.807, 2.05) is 0 Å². The molecule has 0 unspecified atom stereocenters. The monoisotopic (exact) mass is 560 g/mol. The topological polar surface area (TPSA) is 3.24 Å². The van der Waals surface area contributed by atoms with Crippen molar-refractivity contribution in [2.75, 3.05) is 47.8 Å². The summed E-state index contributed by atoms with van der Waals surface area (Å²) in [5.41, 5.74) is 0. The van der Waals surface area contributed by atoms with Gasteiger partial charge < -0.3 is 26.4 Å². The quantitative estimate of drug-likeness (QED) is 0.0734. The number of unbranched alkanes of at least 4 members (excludes halogenated alkanes) is 22. The average molecular weight is 562 g/mol. The van der Waals surface area contributed by atoms with Gasteiger partial charge in [-0.25, -0.2) is 0 Å². The Bertz CT molecular complexity index is 384. The highest BCUT2D eigenvalue weighted by Crippen LogP contribution is 2.15. The molecule has 0 bridgehead atoms. The number of rotatable bonds is 28. The molecule has 0 heterocycles. The SMILES string of the molecule is CCCCCCCCCCCCCCCCCCCCCC[N+](C)(C)CCCCCCN(C)C.[Br-]. The van der Waals surface area contributed by atoms with Crippen LogP contribution in [0.4, 0.5) is 0 Å². The average Bonchev–Trinajstić information content (AvgIpc) is 2.79. The van der Waals surface area contributed by atoms with Crippen molar-refractivity contribution in [2.24, 2.45) is 0 Å². The van der Waals surface area contributed by atoms with Crippen molar-refractivity contribution in [3.8, 4) is 0 Å². The van der Waals surface area contributed by atoms with Crippen molar-refractivity contribution >= 4 is 0 Å². The standard InChI is InChI=1S/C32H69N2.BrH/c1-6-7-8-9-10-11-12-13-14-15-16-17-18-19-20-21-22-23-25-28-31-34(4,5)32-29-26-24-27-30-33(2)3;/h6-32H2,1-5H3;1H/q+1;/p-1. The Labute approximate surface area is 234 Å². The van der Waals surface area contributed by atoms with Gasteiger partial charge in [-0.1, -0.05) is 129 Å². The molecule has 0 amide bonds. The van der Waals surface area contributed by atoms with Crippen LogP contribution in [0.1, 0.15) is 161 Å². The lowest BCUT2D eigenvalue weighted by molar-refractivity contribution is -0.890. The lowest BCUT2D eigenvalue weighted by Gasteiger charge is -2.30. The molecule has 35 heavy (non-hydrogen) atoms. The van der Waals surface area contributed by atoms with Gasteiger partial charge in [0.1, 0.15) is 0 Å². The summed E-state index contributed by atoms with van der Waals surface area (Å²) in [6.07, 6.45) is 34.9. The maximum absolute atomic E-state index is 2.44. The molecule has 0 aliphatic carbocycles. The summed E-state index contributed by atoms with van der Waals surface area (Å²) < 4.78 is 1.23. The lowest BCUT2D eigenvalue weighted by atomic mass is 10.0. The first-order chi connectivity index (χ1) is 16.5. The summed E-state index contributed by atoms with van der Waals surface area (Å²) in [7, 11) is 9.24. The first-order valence-electron chi connectivity index (χ1n) is 15.9. The van der Waals surface area contributed by atoms with E-state index in [1.165, 1.54) is 178 Å². The summed E-state index contributed by atoms with van der Waals surface area (Å²) in [5, 5.41) is 0. The fraction of sp³-hybridized carbons (Fsp3) is 1.00. The van der Waals surface area contributed by atoms with Gasteiger partial charge in [-0.3, -0.25) is 0 Å². The summed E-state index contributed by atoms with van der Waals surface area (Å²) in [6, 6.07) is 0. The van der Waals surface area contributed by atoms with Gasteiger partial charge in [0, 0.05) is 0 Å². The van der Waals surface area contributed by atoms with E-state index < -0.39 is 0 Å². The largest absolute Gasteiger partial charge is 1.00 e. The van der Waals surface area contributed by atoms with E-state index in [0.29, 0.717) is 0 Å². The van der Waals surface area contributed by atoms with E-state index in [1.54, 1.807) is 0 Å². The van der Waals surface area contributed by atoms with Crippen molar-refractivity contribution < 1.29 is 21.5 Å². The van der Waals surface area contributed by atoms with Crippen molar-refractivity contribution in [2.45, 2.75) is 161 Å². The van der Waals surface area contributed by atoms with Gasteiger partial charge in [0.15, 0.2) is 0 Å². The van der Waals surface area contributed by atoms with Gasteiger partial charge in [-0.05, 0) is 52.7 Å². The lowest BCUT2D eigenvalue weighted by Crippen LogP contribution is -3.00. The van der Waals surface area contributed by atoms with Crippen LogP contribution in [0.2, 0.25) is 0 Å². The van der Waals surface area contributed by atoms with E-state index >= 15 is 0 Å². The third-order valence-electron chi connectivity index (χ3n) is 7.74. The van der Waals surface area contributed by atoms with Crippen LogP contribution in [0.3, 0.4) is 0 Å². The Kier molecular flexibility index (Phi) is 31.1. The van der Waals surface area contributed by atoms with Crippen LogP contribution in [0.25, 0.3) is 0 Å². The fourth-order valence-electron chi connectivity index (χ4n) is 5.23. The van der Waals surface area contributed by atoms with Crippen molar-refractivity contribution in [1.29, 1.82) is 0 Å². The number of halogens is 1. The fourth-order valence-corrected chi connectivity index (χ4v) is 5.23. The molecule has 0 N–H and O–H groups in total. The Balaban J connectivity index is 0. The van der Waals surface area contributed by atoms with Crippen molar-refractivity contribution in [1.82, 2.24) is 4.90 Å². The number of hydrogen-bond donors (Lipinski definition) is 0. The van der Waals surface area contributed by atoms with E-state index in [0.717, 1.165) is 0 Å². The molecule has 0 aromatic heterocycles. The molecule has 0 fully saturated rings. The highest BCUT2D eigenvalue weighted by molar-refractivity contribution is 4.52. The molecule has 3 heteroatoms. The minimum atomic E-state index is 0. The van der Waals surface area contributed by atoms with Crippen molar-refractivity contribution in [3.05, 3.63) is 0 Å². The predicted octanol–water partition coefficient (Wildman–Crippen LogP) is 7.01. The number of quaternary nitrogens is 1. The minimum absolute atomic E-state index is 0. The highest BCUT2D eigenvalue weighted by Gasteiger charge is 2.13. The molecule has 0 aliphatic rings. The van der Waals surface area contributed by atoms with Gasteiger partial charge >= 0.3 is 0 Å². The molecule has 0 aliphatic heterocycles. The number of nitrogens with zero attached hydrogens (tertiary/aromatic N) is 2. The Morgan fingerprint density at radius 3 is 0.943 bits per heavy atom. The first-order valence-corrected chi connectivity index (χ1v) is 15.9. The third-order valence-corrected chi connectivity index (χ3v) is 7.74.